The maximum atomic E-state index is 12.3. The molecular formula is C22H28N6O7. The van der Waals surface area contributed by atoms with Gasteiger partial charge >= 0.3 is 5.97 Å². The summed E-state index contributed by atoms with van der Waals surface area (Å²) in [7, 11) is 0. The second-order valence-electron chi connectivity index (χ2n) is 9.04. The molecule has 0 saturated carbocycles. The Morgan fingerprint density at radius 1 is 1.37 bits per heavy atom. The average molecular weight is 489 g/mol. The summed E-state index contributed by atoms with van der Waals surface area (Å²) in [6.45, 7) is 4.59. The largest absolute Gasteiger partial charge is 0.463 e. The molecule has 13 nitrogen and oxygen atoms in total. The van der Waals surface area contributed by atoms with Gasteiger partial charge in [-0.3, -0.25) is 14.5 Å². The number of ether oxygens (including phenoxy) is 3. The van der Waals surface area contributed by atoms with Gasteiger partial charge < -0.3 is 40.0 Å². The van der Waals surface area contributed by atoms with Gasteiger partial charge in [-0.2, -0.15) is 0 Å². The minimum absolute atomic E-state index is 0.198. The van der Waals surface area contributed by atoms with Crippen molar-refractivity contribution in [2.75, 3.05) is 44.8 Å². The topological polar surface area (TPSA) is 174 Å². The lowest BCUT2D eigenvalue weighted by Gasteiger charge is -2.27. The monoisotopic (exact) mass is 488 g/mol. The number of carbonyl (C=O) groups is 2. The zero-order valence-electron chi connectivity index (χ0n) is 19.2. The number of nitrogens with zero attached hydrogens (tertiary/aromatic N) is 4. The quantitative estimate of drug-likeness (QED) is 0.366. The van der Waals surface area contributed by atoms with E-state index in [9.17, 15) is 19.8 Å². The maximum absolute atomic E-state index is 12.3. The molecule has 0 bridgehead atoms. The van der Waals surface area contributed by atoms with Gasteiger partial charge in [0, 0.05) is 43.2 Å². The summed E-state index contributed by atoms with van der Waals surface area (Å²) in [5.41, 5.74) is 5.39. The summed E-state index contributed by atoms with van der Waals surface area (Å²) in [4.78, 5) is 34.8. The third-order valence-electron chi connectivity index (χ3n) is 6.60. The SMILES string of the molecule is CC1(O)C(O)C(COC(=O)CCN2CCOCC2)OC1n1cc2c3c(ncnc31)NC(=O)C=C2N. The van der Waals surface area contributed by atoms with Crippen LogP contribution < -0.4 is 11.1 Å². The van der Waals surface area contributed by atoms with Crippen molar-refractivity contribution in [2.24, 2.45) is 5.73 Å². The van der Waals surface area contributed by atoms with Crippen LogP contribution in [0.5, 0.6) is 0 Å². The highest BCUT2D eigenvalue weighted by molar-refractivity contribution is 6.13. The first-order chi connectivity index (χ1) is 16.8. The fraction of sp³-hybridized carbons (Fsp3) is 0.545. The van der Waals surface area contributed by atoms with Gasteiger partial charge in [0.05, 0.1) is 25.0 Å². The molecule has 1 amide bonds. The number of aliphatic hydroxyl groups excluding tert-OH is 1. The normalized spacial score (nSPS) is 29.1. The number of nitrogens with one attached hydrogen (secondary N) is 1. The number of nitrogens with two attached hydrogens (primary N) is 1. The first-order valence-electron chi connectivity index (χ1n) is 11.4. The van der Waals surface area contributed by atoms with Gasteiger partial charge in [-0.25, -0.2) is 9.97 Å². The molecule has 4 unspecified atom stereocenters. The molecule has 0 aliphatic carbocycles. The van der Waals surface area contributed by atoms with Crippen LogP contribution in [0.15, 0.2) is 18.6 Å². The third-order valence-corrected chi connectivity index (χ3v) is 6.60. The summed E-state index contributed by atoms with van der Waals surface area (Å²) in [5.74, 6) is -0.563. The third kappa shape index (κ3) is 4.36. The molecule has 0 spiro atoms. The van der Waals surface area contributed by atoms with Crippen LogP contribution in [0.2, 0.25) is 0 Å². The molecule has 5 heterocycles. The number of aromatic nitrogens is 3. The van der Waals surface area contributed by atoms with Crippen molar-refractivity contribution in [1.29, 1.82) is 0 Å². The number of morpholine rings is 1. The molecule has 13 heteroatoms. The molecule has 0 radical (unpaired) electrons. The Labute approximate surface area is 200 Å². The van der Waals surface area contributed by atoms with Crippen LogP contribution >= 0.6 is 0 Å². The van der Waals surface area contributed by atoms with Gasteiger partial charge in [-0.1, -0.05) is 0 Å². The summed E-state index contributed by atoms with van der Waals surface area (Å²) >= 11 is 0. The van der Waals surface area contributed by atoms with Crippen LogP contribution in [0.1, 0.15) is 25.1 Å². The first-order valence-corrected chi connectivity index (χ1v) is 11.4. The number of rotatable bonds is 6. The second kappa shape index (κ2) is 9.17. The van der Waals surface area contributed by atoms with Crippen molar-refractivity contribution in [3.8, 4) is 0 Å². The predicted molar refractivity (Wildman–Crippen MR) is 122 cm³/mol. The molecular weight excluding hydrogens is 460 g/mol. The summed E-state index contributed by atoms with van der Waals surface area (Å²) in [6.07, 6.45) is 0.919. The van der Waals surface area contributed by atoms with E-state index in [4.69, 9.17) is 19.9 Å². The Morgan fingerprint density at radius 2 is 2.14 bits per heavy atom. The zero-order chi connectivity index (χ0) is 24.7. The Morgan fingerprint density at radius 3 is 2.91 bits per heavy atom. The van der Waals surface area contributed by atoms with E-state index in [1.165, 1.54) is 23.9 Å². The number of anilines is 1. The highest BCUT2D eigenvalue weighted by Gasteiger charge is 2.54. The standard InChI is InChI=1S/C22H28N6O7/c1-22(32)18(31)14(10-34-16(30)2-3-27-4-6-33-7-5-27)35-21(22)28-9-12-13(23)8-15(29)26-19-17(12)20(28)25-11-24-19/h8-9,11,14,18,21,31-32H,2-7,10,23H2,1H3,(H,24,25,26,29). The van der Waals surface area contributed by atoms with Crippen LogP contribution in [0.4, 0.5) is 5.82 Å². The number of amides is 1. The van der Waals surface area contributed by atoms with E-state index in [1.54, 1.807) is 6.20 Å². The number of hydrogen-bond acceptors (Lipinski definition) is 11. The lowest BCUT2D eigenvalue weighted by molar-refractivity contribution is -0.150. The lowest BCUT2D eigenvalue weighted by atomic mass is 9.96. The van der Waals surface area contributed by atoms with Crippen LogP contribution in [-0.2, 0) is 23.8 Å². The fourth-order valence-electron chi connectivity index (χ4n) is 4.65. The number of carbonyl (C=O) groups excluding carboxylic acids is 2. The van der Waals surface area contributed by atoms with E-state index in [0.29, 0.717) is 36.4 Å². The molecule has 0 aromatic carbocycles. The number of aliphatic hydroxyl groups is 2. The molecule has 188 valence electrons. The minimum atomic E-state index is -1.74. The van der Waals surface area contributed by atoms with Gasteiger partial charge in [0.15, 0.2) is 6.23 Å². The van der Waals surface area contributed by atoms with Gasteiger partial charge in [0.2, 0.25) is 0 Å². The van der Waals surface area contributed by atoms with E-state index in [-0.39, 0.29) is 24.5 Å². The minimum Gasteiger partial charge on any atom is -0.463 e. The van der Waals surface area contributed by atoms with Gasteiger partial charge in [-0.05, 0) is 6.92 Å². The van der Waals surface area contributed by atoms with E-state index in [1.807, 2.05) is 0 Å². The number of hydrogen-bond donors (Lipinski definition) is 4. The predicted octanol–water partition coefficient (Wildman–Crippen LogP) is -1.04. The smallest absolute Gasteiger partial charge is 0.307 e. The highest BCUT2D eigenvalue weighted by Crippen LogP contribution is 2.42. The second-order valence-corrected chi connectivity index (χ2v) is 9.04. The maximum Gasteiger partial charge on any atom is 0.307 e. The molecule has 35 heavy (non-hydrogen) atoms. The molecule has 4 atom stereocenters. The Kier molecular flexibility index (Phi) is 6.19. The van der Waals surface area contributed by atoms with Crippen LogP contribution in [0, 0.1) is 0 Å². The van der Waals surface area contributed by atoms with Crippen LogP contribution in [0.3, 0.4) is 0 Å². The highest BCUT2D eigenvalue weighted by atomic mass is 16.6. The van der Waals surface area contributed by atoms with E-state index in [0.717, 1.165) is 13.1 Å². The van der Waals surface area contributed by atoms with E-state index < -0.39 is 35.9 Å². The molecule has 5 rings (SSSR count). The molecule has 2 saturated heterocycles. The Hall–Kier alpha value is -3.10. The summed E-state index contributed by atoms with van der Waals surface area (Å²) < 4.78 is 18.2. The molecule has 2 aromatic rings. The molecule has 3 aliphatic heterocycles. The average Bonchev–Trinajstić information content (AvgIpc) is 3.28. The van der Waals surface area contributed by atoms with Gasteiger partial charge in [0.1, 0.15) is 42.2 Å². The van der Waals surface area contributed by atoms with Gasteiger partial charge in [-0.15, -0.1) is 0 Å². The van der Waals surface area contributed by atoms with Crippen molar-refractivity contribution in [1.82, 2.24) is 19.4 Å². The van der Waals surface area contributed by atoms with Crippen molar-refractivity contribution >= 4 is 34.4 Å². The van der Waals surface area contributed by atoms with E-state index >= 15 is 0 Å². The van der Waals surface area contributed by atoms with Gasteiger partial charge in [0.25, 0.3) is 5.91 Å². The Balaban J connectivity index is 1.32. The summed E-state index contributed by atoms with van der Waals surface area (Å²) in [6, 6.07) is 0. The van der Waals surface area contributed by atoms with Crippen LogP contribution in [-0.4, -0.2) is 98.8 Å². The Bertz CT molecular complexity index is 1170. The first kappa shape index (κ1) is 23.6. The lowest BCUT2D eigenvalue weighted by Crippen LogP contribution is -2.44. The molecule has 2 aromatic heterocycles. The molecule has 3 aliphatic rings. The van der Waals surface area contributed by atoms with Crippen molar-refractivity contribution in [3.63, 3.8) is 0 Å². The van der Waals surface area contributed by atoms with E-state index in [2.05, 4.69) is 20.2 Å². The number of esters is 1. The van der Waals surface area contributed by atoms with Crippen molar-refractivity contribution < 1.29 is 34.0 Å². The zero-order valence-corrected chi connectivity index (χ0v) is 19.2. The summed E-state index contributed by atoms with van der Waals surface area (Å²) in [5, 5.41) is 25.1. The fourth-order valence-corrected chi connectivity index (χ4v) is 4.65. The van der Waals surface area contributed by atoms with Crippen molar-refractivity contribution in [3.05, 3.63) is 24.2 Å². The van der Waals surface area contributed by atoms with Crippen molar-refractivity contribution in [2.45, 2.75) is 37.4 Å². The molecule has 2 fully saturated rings. The van der Waals surface area contributed by atoms with Crippen LogP contribution in [0.25, 0.3) is 16.7 Å². The molecule has 5 N–H and O–H groups in total.